The quantitative estimate of drug-likeness (QED) is 0.534. The lowest BCUT2D eigenvalue weighted by Gasteiger charge is -2.54. The van der Waals surface area contributed by atoms with Gasteiger partial charge in [0.1, 0.15) is 5.84 Å². The van der Waals surface area contributed by atoms with E-state index in [4.69, 9.17) is 5.41 Å². The molecular formula is C28H31F2N5. The van der Waals surface area contributed by atoms with Crippen LogP contribution in [0.15, 0.2) is 54.5 Å². The highest BCUT2D eigenvalue weighted by Gasteiger charge is 2.45. The molecule has 3 aromatic rings. The van der Waals surface area contributed by atoms with E-state index in [1.165, 1.54) is 17.7 Å². The summed E-state index contributed by atoms with van der Waals surface area (Å²) in [5.74, 6) is -1.25. The minimum atomic E-state index is -0.856. The summed E-state index contributed by atoms with van der Waals surface area (Å²) in [6.07, 6.45) is 8.55. The number of amidine groups is 1. The summed E-state index contributed by atoms with van der Waals surface area (Å²) < 4.78 is 29.8. The second kappa shape index (κ2) is 9.04. The summed E-state index contributed by atoms with van der Waals surface area (Å²) in [6.45, 7) is 7.46. The van der Waals surface area contributed by atoms with Crippen molar-refractivity contribution in [1.82, 2.24) is 19.8 Å². The third kappa shape index (κ3) is 4.18. The number of piperazine rings is 1. The third-order valence-corrected chi connectivity index (χ3v) is 7.39. The molecule has 1 aromatic heterocycles. The largest absolute Gasteiger partial charge is 0.342 e. The number of nitrogens with zero attached hydrogens (tertiary/aromatic N) is 3. The summed E-state index contributed by atoms with van der Waals surface area (Å²) in [5, 5.41) is 12.6. The molecule has 2 aliphatic rings. The summed E-state index contributed by atoms with van der Waals surface area (Å²) in [7, 11) is 0. The van der Waals surface area contributed by atoms with Crippen molar-refractivity contribution in [2.75, 3.05) is 13.1 Å². The standard InChI is InChI=1S/C28H31F2N5/c1-4-20-11-19(5-10-26(20)34-15-18(2)33-17-34)12-21-6-8-23-14-32-16-28(3,35(23)27(21)31)22-7-9-24(29)25(30)13-22/h5,7,9-13,15,17,23,31-32H,4,6,8,14,16H2,1-3H3/b21-12+,31-27?. The van der Waals surface area contributed by atoms with Crippen molar-refractivity contribution in [3.63, 3.8) is 0 Å². The number of nitrogens with one attached hydrogen (secondary N) is 2. The summed E-state index contributed by atoms with van der Waals surface area (Å²) in [5.41, 5.74) is 5.35. The van der Waals surface area contributed by atoms with E-state index in [9.17, 15) is 8.78 Å². The lowest BCUT2D eigenvalue weighted by atomic mass is 9.81. The molecule has 5 nitrogen and oxygen atoms in total. The van der Waals surface area contributed by atoms with Crippen molar-refractivity contribution in [3.8, 4) is 5.69 Å². The zero-order valence-corrected chi connectivity index (χ0v) is 20.4. The summed E-state index contributed by atoms with van der Waals surface area (Å²) in [6, 6.07) is 10.6. The SMILES string of the molecule is CCc1cc(/C=C2\CCC3CNCC(C)(c4ccc(F)c(F)c4)N3C2=N)ccc1-n1cnc(C)c1. The van der Waals surface area contributed by atoms with Gasteiger partial charge in [-0.2, -0.15) is 0 Å². The molecule has 0 saturated carbocycles. The predicted octanol–water partition coefficient (Wildman–Crippen LogP) is 5.36. The average Bonchev–Trinajstić information content (AvgIpc) is 3.28. The zero-order chi connectivity index (χ0) is 24.7. The Balaban J connectivity index is 1.49. The molecule has 2 fully saturated rings. The minimum Gasteiger partial charge on any atom is -0.342 e. The molecular weight excluding hydrogens is 444 g/mol. The number of imidazole rings is 1. The first-order valence-corrected chi connectivity index (χ1v) is 12.2. The van der Waals surface area contributed by atoms with Crippen LogP contribution in [-0.4, -0.2) is 39.4 Å². The first kappa shape index (κ1) is 23.4. The highest BCUT2D eigenvalue weighted by molar-refractivity contribution is 6.01. The van der Waals surface area contributed by atoms with Crippen molar-refractivity contribution >= 4 is 11.9 Å². The van der Waals surface area contributed by atoms with E-state index in [1.807, 2.05) is 30.9 Å². The molecule has 0 aliphatic carbocycles. The van der Waals surface area contributed by atoms with Gasteiger partial charge in [0, 0.05) is 31.0 Å². The highest BCUT2D eigenvalue weighted by Crippen LogP contribution is 2.39. The maximum atomic E-state index is 14.1. The molecule has 0 bridgehead atoms. The molecule has 2 aromatic carbocycles. The van der Waals surface area contributed by atoms with Gasteiger partial charge in [-0.25, -0.2) is 13.8 Å². The zero-order valence-electron chi connectivity index (χ0n) is 20.4. The van der Waals surface area contributed by atoms with Crippen LogP contribution < -0.4 is 5.32 Å². The van der Waals surface area contributed by atoms with Gasteiger partial charge in [0.15, 0.2) is 11.6 Å². The van der Waals surface area contributed by atoms with E-state index in [0.29, 0.717) is 17.9 Å². The van der Waals surface area contributed by atoms with Crippen LogP contribution >= 0.6 is 0 Å². The molecule has 0 amide bonds. The smallest absolute Gasteiger partial charge is 0.159 e. The molecule has 182 valence electrons. The van der Waals surface area contributed by atoms with Crippen molar-refractivity contribution in [3.05, 3.63) is 88.5 Å². The van der Waals surface area contributed by atoms with Crippen LogP contribution in [0.2, 0.25) is 0 Å². The number of rotatable bonds is 4. The van der Waals surface area contributed by atoms with Crippen molar-refractivity contribution in [2.45, 2.75) is 51.6 Å². The maximum Gasteiger partial charge on any atom is 0.159 e. The van der Waals surface area contributed by atoms with Gasteiger partial charge >= 0.3 is 0 Å². The fourth-order valence-electron chi connectivity index (χ4n) is 5.51. The van der Waals surface area contributed by atoms with E-state index in [-0.39, 0.29) is 6.04 Å². The van der Waals surface area contributed by atoms with Crippen LogP contribution in [0.5, 0.6) is 0 Å². The molecule has 7 heteroatoms. The Morgan fingerprint density at radius 3 is 2.74 bits per heavy atom. The summed E-state index contributed by atoms with van der Waals surface area (Å²) in [4.78, 5) is 6.46. The molecule has 3 heterocycles. The Kier molecular flexibility index (Phi) is 6.05. The van der Waals surface area contributed by atoms with Crippen molar-refractivity contribution < 1.29 is 8.78 Å². The van der Waals surface area contributed by atoms with Gasteiger partial charge in [0.2, 0.25) is 0 Å². The van der Waals surface area contributed by atoms with Gasteiger partial charge in [-0.3, -0.25) is 5.41 Å². The monoisotopic (exact) mass is 475 g/mol. The average molecular weight is 476 g/mol. The lowest BCUT2D eigenvalue weighted by molar-refractivity contribution is 0.0830. The van der Waals surface area contributed by atoms with Gasteiger partial charge in [-0.1, -0.05) is 19.1 Å². The van der Waals surface area contributed by atoms with Gasteiger partial charge in [0.05, 0.1) is 17.6 Å². The Bertz CT molecular complexity index is 1310. The second-order valence-electron chi connectivity index (χ2n) is 9.78. The molecule has 35 heavy (non-hydrogen) atoms. The first-order valence-electron chi connectivity index (χ1n) is 12.2. The number of halogens is 2. The summed E-state index contributed by atoms with van der Waals surface area (Å²) >= 11 is 0. The number of benzene rings is 2. The maximum absolute atomic E-state index is 14.1. The van der Waals surface area contributed by atoms with Gasteiger partial charge in [-0.15, -0.1) is 0 Å². The molecule has 0 radical (unpaired) electrons. The predicted molar refractivity (Wildman–Crippen MR) is 135 cm³/mol. The Hall–Kier alpha value is -3.32. The number of piperidine rings is 1. The van der Waals surface area contributed by atoms with Crippen molar-refractivity contribution in [2.24, 2.45) is 0 Å². The third-order valence-electron chi connectivity index (χ3n) is 7.39. The molecule has 2 atom stereocenters. The number of fused-ring (bicyclic) bond motifs is 1. The van der Waals surface area contributed by atoms with E-state index in [0.717, 1.165) is 48.3 Å². The van der Waals surface area contributed by atoms with Crippen molar-refractivity contribution in [1.29, 1.82) is 5.41 Å². The first-order chi connectivity index (χ1) is 16.8. The lowest BCUT2D eigenvalue weighted by Crippen LogP contribution is -2.65. The Morgan fingerprint density at radius 2 is 2.03 bits per heavy atom. The van der Waals surface area contributed by atoms with Gasteiger partial charge < -0.3 is 14.8 Å². The van der Waals surface area contributed by atoms with E-state index < -0.39 is 17.2 Å². The molecule has 0 spiro atoms. The molecule has 2 unspecified atom stereocenters. The Labute approximate surface area is 205 Å². The topological polar surface area (TPSA) is 56.9 Å². The highest BCUT2D eigenvalue weighted by atomic mass is 19.2. The van der Waals surface area contributed by atoms with E-state index >= 15 is 0 Å². The molecule has 2 N–H and O–H groups in total. The van der Waals surface area contributed by atoms with E-state index in [2.05, 4.69) is 46.4 Å². The second-order valence-corrected chi connectivity index (χ2v) is 9.78. The number of aryl methyl sites for hydroxylation is 2. The van der Waals surface area contributed by atoms with Crippen LogP contribution in [0.1, 0.15) is 49.1 Å². The number of hydrogen-bond acceptors (Lipinski definition) is 3. The molecule has 2 saturated heterocycles. The van der Waals surface area contributed by atoms with Crippen LogP contribution in [0.25, 0.3) is 11.8 Å². The fraction of sp³-hybridized carbons (Fsp3) is 0.357. The fourth-order valence-corrected chi connectivity index (χ4v) is 5.51. The normalized spacial score (nSPS) is 23.6. The van der Waals surface area contributed by atoms with Gasteiger partial charge in [0.25, 0.3) is 0 Å². The van der Waals surface area contributed by atoms with Crippen LogP contribution in [-0.2, 0) is 12.0 Å². The number of hydrogen-bond donors (Lipinski definition) is 2. The number of aromatic nitrogens is 2. The minimum absolute atomic E-state index is 0.129. The molecule has 2 aliphatic heterocycles. The molecule has 5 rings (SSSR count). The van der Waals surface area contributed by atoms with Crippen LogP contribution in [0.4, 0.5) is 8.78 Å². The van der Waals surface area contributed by atoms with Crippen LogP contribution in [0.3, 0.4) is 0 Å². The van der Waals surface area contributed by atoms with Crippen LogP contribution in [0, 0.1) is 24.0 Å². The van der Waals surface area contributed by atoms with E-state index in [1.54, 1.807) is 6.07 Å². The van der Waals surface area contributed by atoms with Gasteiger partial charge in [-0.05, 0) is 85.7 Å². The Morgan fingerprint density at radius 1 is 1.20 bits per heavy atom.